The van der Waals surface area contributed by atoms with E-state index in [0.717, 1.165) is 26.9 Å². The number of aryl methyl sites for hydroxylation is 1. The Kier molecular flexibility index (Phi) is 3.12. The van der Waals surface area contributed by atoms with E-state index in [1.807, 2.05) is 42.8 Å². The van der Waals surface area contributed by atoms with Crippen LogP contribution in [-0.2, 0) is 7.05 Å². The smallest absolute Gasteiger partial charge is 0.197 e. The number of hydrogen-bond donors (Lipinski definition) is 0. The van der Waals surface area contributed by atoms with E-state index in [1.165, 1.54) is 11.8 Å². The first-order valence-corrected chi connectivity index (χ1v) is 6.84. The van der Waals surface area contributed by atoms with Gasteiger partial charge in [0.15, 0.2) is 5.16 Å². The highest BCUT2D eigenvalue weighted by Crippen LogP contribution is 2.28. The van der Waals surface area contributed by atoms with E-state index >= 15 is 0 Å². The summed E-state index contributed by atoms with van der Waals surface area (Å²) in [4.78, 5) is 4.56. The molecule has 0 amide bonds. The van der Waals surface area contributed by atoms with Gasteiger partial charge in [-0.3, -0.25) is 0 Å². The zero-order chi connectivity index (χ0) is 14.1. The van der Waals surface area contributed by atoms with Crippen molar-refractivity contribution in [2.24, 2.45) is 7.05 Å². The monoisotopic (exact) mass is 281 g/mol. The van der Waals surface area contributed by atoms with E-state index in [9.17, 15) is 5.26 Å². The Balaban J connectivity index is 2.09. The van der Waals surface area contributed by atoms with E-state index in [2.05, 4.69) is 21.3 Å². The molecule has 1 aromatic carbocycles. The lowest BCUT2D eigenvalue weighted by molar-refractivity contribution is 0.764. The summed E-state index contributed by atoms with van der Waals surface area (Å²) in [7, 11) is 1.91. The number of aromatic nitrogens is 4. The number of hydrogen-bond acceptors (Lipinski definition) is 5. The zero-order valence-corrected chi connectivity index (χ0v) is 11.8. The van der Waals surface area contributed by atoms with Gasteiger partial charge in [0, 0.05) is 12.4 Å². The van der Waals surface area contributed by atoms with Gasteiger partial charge in [-0.15, -0.1) is 10.2 Å². The van der Waals surface area contributed by atoms with Gasteiger partial charge in [-0.25, -0.2) is 4.98 Å². The van der Waals surface area contributed by atoms with Crippen molar-refractivity contribution < 1.29 is 0 Å². The maximum Gasteiger partial charge on any atom is 0.197 e. The van der Waals surface area contributed by atoms with Gasteiger partial charge in [-0.1, -0.05) is 18.2 Å². The summed E-state index contributed by atoms with van der Waals surface area (Å²) < 4.78 is 1.90. The summed E-state index contributed by atoms with van der Waals surface area (Å²) in [5.41, 5.74) is 1.44. The predicted octanol–water partition coefficient (Wildman–Crippen LogP) is 2.69. The highest BCUT2D eigenvalue weighted by Gasteiger charge is 2.11. The van der Waals surface area contributed by atoms with Gasteiger partial charge in [-0.2, -0.15) is 5.26 Å². The molecule has 0 saturated carbocycles. The van der Waals surface area contributed by atoms with Crippen molar-refractivity contribution >= 4 is 22.7 Å². The first-order valence-electron chi connectivity index (χ1n) is 6.03. The molecule has 0 aliphatic rings. The maximum absolute atomic E-state index is 9.26. The van der Waals surface area contributed by atoms with Gasteiger partial charge < -0.3 is 4.57 Å². The highest BCUT2D eigenvalue weighted by atomic mass is 32.2. The third-order valence-electron chi connectivity index (χ3n) is 3.06. The fraction of sp³-hybridized carbons (Fsp3) is 0.143. The normalized spacial score (nSPS) is 10.7. The quantitative estimate of drug-likeness (QED) is 0.722. The van der Waals surface area contributed by atoms with Gasteiger partial charge in [0.2, 0.25) is 0 Å². The van der Waals surface area contributed by atoms with E-state index in [4.69, 9.17) is 0 Å². The van der Waals surface area contributed by atoms with Crippen LogP contribution in [0.25, 0.3) is 10.9 Å². The lowest BCUT2D eigenvalue weighted by Crippen LogP contribution is -1.94. The average molecular weight is 281 g/mol. The Bertz CT molecular complexity index is 831. The molecule has 0 aliphatic carbocycles. The predicted molar refractivity (Wildman–Crippen MR) is 76.3 cm³/mol. The second kappa shape index (κ2) is 4.94. The largest absolute Gasteiger partial charge is 0.309 e. The van der Waals surface area contributed by atoms with Crippen molar-refractivity contribution in [3.8, 4) is 6.07 Å². The van der Waals surface area contributed by atoms with Crippen LogP contribution in [0.3, 0.4) is 0 Å². The fourth-order valence-electron chi connectivity index (χ4n) is 1.87. The van der Waals surface area contributed by atoms with Crippen LogP contribution in [0.5, 0.6) is 0 Å². The average Bonchev–Trinajstić information content (AvgIpc) is 2.78. The van der Waals surface area contributed by atoms with Crippen molar-refractivity contribution in [2.75, 3.05) is 0 Å². The van der Waals surface area contributed by atoms with Crippen LogP contribution in [0.1, 0.15) is 11.4 Å². The minimum atomic E-state index is 0.622. The van der Waals surface area contributed by atoms with Gasteiger partial charge in [0.1, 0.15) is 10.9 Å². The number of benzene rings is 1. The Morgan fingerprint density at radius 2 is 2.05 bits per heavy atom. The van der Waals surface area contributed by atoms with Crippen LogP contribution in [0.2, 0.25) is 0 Å². The van der Waals surface area contributed by atoms with Gasteiger partial charge in [0.05, 0.1) is 17.1 Å². The van der Waals surface area contributed by atoms with E-state index in [0.29, 0.717) is 5.56 Å². The Hall–Kier alpha value is -2.39. The number of para-hydroxylation sites is 1. The number of rotatable bonds is 2. The summed E-state index contributed by atoms with van der Waals surface area (Å²) in [6.07, 6.45) is 0. The lowest BCUT2D eigenvalue weighted by Gasteiger charge is -2.04. The van der Waals surface area contributed by atoms with Crippen molar-refractivity contribution in [2.45, 2.75) is 17.1 Å². The standard InChI is InChI=1S/C14H11N5S/c1-9-17-18-14(19(9)2)20-13-7-10(8-15)11-5-3-4-6-12(11)16-13/h3-7H,1-2H3. The van der Waals surface area contributed by atoms with Crippen LogP contribution in [0, 0.1) is 18.3 Å². The van der Waals surface area contributed by atoms with E-state index in [-0.39, 0.29) is 0 Å². The molecule has 0 bridgehead atoms. The minimum Gasteiger partial charge on any atom is -0.309 e. The molecule has 0 aliphatic heterocycles. The van der Waals surface area contributed by atoms with Crippen molar-refractivity contribution in [1.29, 1.82) is 5.26 Å². The minimum absolute atomic E-state index is 0.622. The van der Waals surface area contributed by atoms with E-state index < -0.39 is 0 Å². The molecule has 3 aromatic rings. The molecule has 98 valence electrons. The lowest BCUT2D eigenvalue weighted by atomic mass is 10.1. The molecule has 20 heavy (non-hydrogen) atoms. The third kappa shape index (κ3) is 2.12. The van der Waals surface area contributed by atoms with Crippen LogP contribution in [0.4, 0.5) is 0 Å². The van der Waals surface area contributed by atoms with Crippen LogP contribution in [-0.4, -0.2) is 19.7 Å². The highest BCUT2D eigenvalue weighted by molar-refractivity contribution is 7.99. The summed E-state index contributed by atoms with van der Waals surface area (Å²) >= 11 is 1.41. The van der Waals surface area contributed by atoms with Crippen LogP contribution in [0.15, 0.2) is 40.5 Å². The SMILES string of the molecule is Cc1nnc(Sc2cc(C#N)c3ccccc3n2)n1C. The summed E-state index contributed by atoms with van der Waals surface area (Å²) in [5, 5.41) is 19.8. The topological polar surface area (TPSA) is 67.4 Å². The molecule has 2 heterocycles. The zero-order valence-electron chi connectivity index (χ0n) is 11.0. The fourth-order valence-corrected chi connectivity index (χ4v) is 2.72. The van der Waals surface area contributed by atoms with Gasteiger partial charge >= 0.3 is 0 Å². The van der Waals surface area contributed by atoms with Gasteiger partial charge in [0.25, 0.3) is 0 Å². The van der Waals surface area contributed by atoms with Crippen molar-refractivity contribution in [3.63, 3.8) is 0 Å². The van der Waals surface area contributed by atoms with Crippen molar-refractivity contribution in [3.05, 3.63) is 41.7 Å². The molecule has 3 rings (SSSR count). The second-order valence-electron chi connectivity index (χ2n) is 4.33. The van der Waals surface area contributed by atoms with Crippen LogP contribution < -0.4 is 0 Å². The number of pyridine rings is 1. The van der Waals surface area contributed by atoms with Crippen molar-refractivity contribution in [1.82, 2.24) is 19.7 Å². The number of fused-ring (bicyclic) bond motifs is 1. The van der Waals surface area contributed by atoms with Gasteiger partial charge in [-0.05, 0) is 30.8 Å². The third-order valence-corrected chi connectivity index (χ3v) is 4.02. The Morgan fingerprint density at radius 1 is 1.25 bits per heavy atom. The molecule has 0 unspecified atom stereocenters. The van der Waals surface area contributed by atoms with E-state index in [1.54, 1.807) is 6.07 Å². The molecule has 0 spiro atoms. The molecule has 0 saturated heterocycles. The molecule has 0 radical (unpaired) electrons. The molecular weight excluding hydrogens is 270 g/mol. The summed E-state index contributed by atoms with van der Waals surface area (Å²) in [5.74, 6) is 0.841. The molecule has 6 heteroatoms. The molecule has 0 N–H and O–H groups in total. The number of nitrogens with zero attached hydrogens (tertiary/aromatic N) is 5. The maximum atomic E-state index is 9.26. The molecule has 5 nitrogen and oxygen atoms in total. The first kappa shape index (κ1) is 12.6. The number of nitriles is 1. The Morgan fingerprint density at radius 3 is 2.75 bits per heavy atom. The summed E-state index contributed by atoms with van der Waals surface area (Å²) in [6.45, 7) is 1.89. The second-order valence-corrected chi connectivity index (χ2v) is 5.32. The molecular formula is C14H11N5S. The summed E-state index contributed by atoms with van der Waals surface area (Å²) in [6, 6.07) is 11.6. The molecule has 2 aromatic heterocycles. The van der Waals surface area contributed by atoms with Crippen LogP contribution >= 0.6 is 11.8 Å². The first-order chi connectivity index (χ1) is 9.69. The molecule has 0 fully saturated rings. The molecule has 0 atom stereocenters. The Labute approximate surface area is 120 Å².